The van der Waals surface area contributed by atoms with Gasteiger partial charge in [0.25, 0.3) is 0 Å². The second kappa shape index (κ2) is 13.2. The Morgan fingerprint density at radius 2 is 1.78 bits per heavy atom. The summed E-state index contributed by atoms with van der Waals surface area (Å²) in [5.41, 5.74) is 0.974. The van der Waals surface area contributed by atoms with Crippen molar-refractivity contribution in [3.8, 4) is 0 Å². The third-order valence-electron chi connectivity index (χ3n) is 10.4. The average Bonchev–Trinajstić information content (AvgIpc) is 3.31. The van der Waals surface area contributed by atoms with Crippen LogP contribution < -0.4 is 0 Å². The molecule has 12 atom stereocenters. The van der Waals surface area contributed by atoms with E-state index in [-0.39, 0.29) is 37.4 Å². The minimum absolute atomic E-state index is 0.0420. The molecular formula is C36H52O9. The van der Waals surface area contributed by atoms with E-state index in [0.29, 0.717) is 29.9 Å². The molecule has 2 bridgehead atoms. The van der Waals surface area contributed by atoms with Crippen LogP contribution in [0.1, 0.15) is 74.1 Å². The number of carbonyl (C=O) groups excluding carboxylic acids is 1. The van der Waals surface area contributed by atoms with E-state index in [1.165, 1.54) is 0 Å². The first-order valence-corrected chi connectivity index (χ1v) is 16.5. The number of ether oxygens (including phenoxy) is 4. The zero-order valence-electron chi connectivity index (χ0n) is 27.7. The molecule has 2 unspecified atom stereocenters. The monoisotopic (exact) mass is 628 g/mol. The van der Waals surface area contributed by atoms with Crippen LogP contribution >= 0.6 is 0 Å². The fourth-order valence-corrected chi connectivity index (χ4v) is 7.80. The largest absolute Gasteiger partial charge is 0.462 e. The molecule has 1 spiro atoms. The molecule has 3 fully saturated rings. The molecule has 4 heterocycles. The molecule has 4 aliphatic heterocycles. The van der Waals surface area contributed by atoms with Gasteiger partial charge in [0.05, 0.1) is 31.0 Å². The Morgan fingerprint density at radius 1 is 1.04 bits per heavy atom. The zero-order chi connectivity index (χ0) is 32.8. The van der Waals surface area contributed by atoms with Crippen molar-refractivity contribution in [3.63, 3.8) is 0 Å². The van der Waals surface area contributed by atoms with Gasteiger partial charge in [0, 0.05) is 31.1 Å². The molecule has 4 N–H and O–H groups in total. The van der Waals surface area contributed by atoms with Crippen molar-refractivity contribution in [2.24, 2.45) is 23.7 Å². The van der Waals surface area contributed by atoms with Crippen LogP contribution in [0.4, 0.5) is 0 Å². The van der Waals surface area contributed by atoms with Gasteiger partial charge in [-0.1, -0.05) is 64.2 Å². The molecule has 0 aromatic heterocycles. The summed E-state index contributed by atoms with van der Waals surface area (Å²) in [5, 5.41) is 45.4. The molecule has 0 saturated carbocycles. The number of hydrogen-bond donors (Lipinski definition) is 4. The van der Waals surface area contributed by atoms with Crippen molar-refractivity contribution in [2.45, 2.75) is 128 Å². The van der Waals surface area contributed by atoms with Crippen LogP contribution in [0.2, 0.25) is 0 Å². The van der Waals surface area contributed by atoms with Gasteiger partial charge in [-0.2, -0.15) is 0 Å². The van der Waals surface area contributed by atoms with Crippen molar-refractivity contribution in [2.75, 3.05) is 6.61 Å². The minimum Gasteiger partial charge on any atom is -0.462 e. The highest BCUT2D eigenvalue weighted by molar-refractivity contribution is 5.78. The molecule has 45 heavy (non-hydrogen) atoms. The lowest BCUT2D eigenvalue weighted by Crippen LogP contribution is -2.59. The highest BCUT2D eigenvalue weighted by Crippen LogP contribution is 2.47. The summed E-state index contributed by atoms with van der Waals surface area (Å²) in [7, 11) is 0. The summed E-state index contributed by atoms with van der Waals surface area (Å²) in [4.78, 5) is 14.1. The topological polar surface area (TPSA) is 135 Å². The highest BCUT2D eigenvalue weighted by Gasteiger charge is 2.60. The average molecular weight is 629 g/mol. The summed E-state index contributed by atoms with van der Waals surface area (Å²) in [6, 6.07) is 0. The van der Waals surface area contributed by atoms with Crippen LogP contribution in [0.25, 0.3) is 0 Å². The maximum atomic E-state index is 14.1. The quantitative estimate of drug-likeness (QED) is 0.264. The minimum atomic E-state index is -1.81. The van der Waals surface area contributed by atoms with Crippen LogP contribution in [-0.2, 0) is 23.7 Å². The number of hydrogen-bond acceptors (Lipinski definition) is 9. The number of rotatable bonds is 2. The maximum absolute atomic E-state index is 14.1. The van der Waals surface area contributed by atoms with Gasteiger partial charge in [-0.05, 0) is 55.4 Å². The standard InChI is InChI=1S/C36H52O9/c1-19(2)13-23(6)32-24(7)29(37)17-35(45-32)16-27-15-26(44-35)12-11-21(4)30(38)20(3)9-8-10-25-18-42-33-31(39)22(5)14-28(34(40)43-27)36(25,33)41/h8-11,13-14,19-20,24,26-33,37-39,41H,12,15-18H2,1-7H3/b9-8+,21-11+,23-13+,25-10+/t20-,24-,26+,27-,28-,29-,30-,31+,32?,33+,35?,36+/m0/s1. The Kier molecular flexibility index (Phi) is 10.0. The van der Waals surface area contributed by atoms with Gasteiger partial charge < -0.3 is 39.4 Å². The van der Waals surface area contributed by atoms with Gasteiger partial charge in [0.1, 0.15) is 29.8 Å². The summed E-state index contributed by atoms with van der Waals surface area (Å²) in [6.07, 6.45) is 7.28. The van der Waals surface area contributed by atoms with Gasteiger partial charge in [-0.15, -0.1) is 0 Å². The Bertz CT molecular complexity index is 1280. The normalized spacial score (nSPS) is 47.7. The molecule has 0 aromatic rings. The summed E-state index contributed by atoms with van der Waals surface area (Å²) >= 11 is 0. The highest BCUT2D eigenvalue weighted by atomic mass is 16.7. The second-order valence-corrected chi connectivity index (χ2v) is 14.4. The predicted molar refractivity (Wildman–Crippen MR) is 169 cm³/mol. The number of fused-ring (bicyclic) bond motifs is 2. The summed E-state index contributed by atoms with van der Waals surface area (Å²) < 4.78 is 25.6. The Hall–Kier alpha value is -2.11. The van der Waals surface area contributed by atoms with Crippen molar-refractivity contribution in [1.82, 2.24) is 0 Å². The van der Waals surface area contributed by atoms with Crippen LogP contribution in [0, 0.1) is 23.7 Å². The lowest BCUT2D eigenvalue weighted by Gasteiger charge is -2.51. The van der Waals surface area contributed by atoms with Crippen LogP contribution in [0.3, 0.4) is 0 Å². The smallest absolute Gasteiger partial charge is 0.316 e. The number of carbonyl (C=O) groups is 1. The first-order valence-electron chi connectivity index (χ1n) is 16.5. The van der Waals surface area contributed by atoms with Gasteiger partial charge in [0.2, 0.25) is 0 Å². The second-order valence-electron chi connectivity index (χ2n) is 14.4. The van der Waals surface area contributed by atoms with E-state index in [1.807, 2.05) is 39.8 Å². The maximum Gasteiger partial charge on any atom is 0.316 e. The van der Waals surface area contributed by atoms with Crippen molar-refractivity contribution in [1.29, 1.82) is 0 Å². The lowest BCUT2D eigenvalue weighted by atomic mass is 9.71. The molecule has 250 valence electrons. The summed E-state index contributed by atoms with van der Waals surface area (Å²) in [6.45, 7) is 13.7. The predicted octanol–water partition coefficient (Wildman–Crippen LogP) is 4.06. The van der Waals surface area contributed by atoms with Gasteiger partial charge in [-0.3, -0.25) is 4.79 Å². The molecule has 1 aliphatic carbocycles. The number of allylic oxidation sites excluding steroid dienone is 3. The van der Waals surface area contributed by atoms with Gasteiger partial charge in [-0.25, -0.2) is 0 Å². The number of esters is 1. The van der Waals surface area contributed by atoms with Gasteiger partial charge in [0.15, 0.2) is 5.79 Å². The SMILES string of the molecule is CC1=C[C@H]2C(=O)O[C@H]3C[C@@H](C/C=C(\C)[C@@H](O)[C@@H](C)/C=C/C=C4\CO[C@H]([C@@H]1O)[C@@]42O)OC1(C3)C[C@H](O)[C@H](C)C(/C(C)=C/C(C)C)O1. The molecule has 5 aliphatic rings. The first-order chi connectivity index (χ1) is 21.1. The van der Waals surface area contributed by atoms with Crippen LogP contribution in [0.15, 0.2) is 58.7 Å². The van der Waals surface area contributed by atoms with E-state index >= 15 is 0 Å². The van der Waals surface area contributed by atoms with Crippen LogP contribution in [-0.4, -0.2) is 87.1 Å². The van der Waals surface area contributed by atoms with Crippen molar-refractivity contribution in [3.05, 3.63) is 58.7 Å². The van der Waals surface area contributed by atoms with E-state index in [2.05, 4.69) is 19.9 Å². The zero-order valence-corrected chi connectivity index (χ0v) is 27.7. The molecule has 0 radical (unpaired) electrons. The van der Waals surface area contributed by atoms with Crippen molar-refractivity contribution < 1.29 is 44.2 Å². The van der Waals surface area contributed by atoms with Crippen molar-refractivity contribution >= 4 is 5.97 Å². The number of aliphatic hydroxyl groups excluding tert-OH is 3. The van der Waals surface area contributed by atoms with E-state index in [1.54, 1.807) is 25.2 Å². The molecule has 0 aromatic carbocycles. The first kappa shape index (κ1) is 34.2. The fraction of sp³-hybridized carbons (Fsp3) is 0.694. The molecular weight excluding hydrogens is 576 g/mol. The van der Waals surface area contributed by atoms with E-state index < -0.39 is 59.9 Å². The molecule has 5 rings (SSSR count). The molecule has 3 saturated heterocycles. The third kappa shape index (κ3) is 6.68. The van der Waals surface area contributed by atoms with E-state index in [9.17, 15) is 25.2 Å². The molecule has 9 heteroatoms. The molecule has 9 nitrogen and oxygen atoms in total. The third-order valence-corrected chi connectivity index (χ3v) is 10.4. The number of aliphatic hydroxyl groups is 4. The fourth-order valence-electron chi connectivity index (χ4n) is 7.80. The van der Waals surface area contributed by atoms with E-state index in [4.69, 9.17) is 18.9 Å². The Morgan fingerprint density at radius 3 is 2.49 bits per heavy atom. The Labute approximate surface area is 267 Å². The lowest BCUT2D eigenvalue weighted by molar-refractivity contribution is -0.342. The molecule has 0 amide bonds. The van der Waals surface area contributed by atoms with Crippen LogP contribution in [0.5, 0.6) is 0 Å². The van der Waals surface area contributed by atoms with Gasteiger partial charge >= 0.3 is 5.97 Å². The Balaban J connectivity index is 1.54. The van der Waals surface area contributed by atoms with E-state index in [0.717, 1.165) is 11.1 Å². The summed E-state index contributed by atoms with van der Waals surface area (Å²) in [5.74, 6) is -3.02.